The van der Waals surface area contributed by atoms with Gasteiger partial charge >= 0.3 is 21.6 Å². The molecule has 0 unspecified atom stereocenters. The van der Waals surface area contributed by atoms with Crippen LogP contribution >= 0.6 is 0 Å². The number of benzene rings is 12. The number of Topliss-reactive ketones (excluding diaryl/α,β-unsaturated/α-hetero) is 1. The van der Waals surface area contributed by atoms with E-state index >= 15 is 0 Å². The third kappa shape index (κ3) is 25.9. The molecular weight excluding hydrogens is 1740 g/mol. The Balaban J connectivity index is 0.000000180. The fourth-order valence-electron chi connectivity index (χ4n) is 17.9. The number of aromatic nitrogens is 3. The van der Waals surface area contributed by atoms with Crippen LogP contribution in [0.15, 0.2) is 334 Å². The Hall–Kier alpha value is -13.7. The molecule has 0 atom stereocenters. The van der Waals surface area contributed by atoms with Crippen LogP contribution in [0.1, 0.15) is 238 Å². The molecule has 20 heteroatoms. The van der Waals surface area contributed by atoms with Gasteiger partial charge in [0.2, 0.25) is 0 Å². The monoisotopic (exact) mass is 1870 g/mol. The smallest absolute Gasteiger partial charge is 0.508 e. The fourth-order valence-corrected chi connectivity index (χ4v) is 18.4. The summed E-state index contributed by atoms with van der Waals surface area (Å²) in [5.74, 6) is 2.14. The number of rotatable bonds is 33. The van der Waals surface area contributed by atoms with Crippen molar-refractivity contribution in [2.24, 2.45) is 0 Å². The number of nitrogens with zero attached hydrogens (tertiary/aromatic N) is 3. The van der Waals surface area contributed by atoms with Crippen molar-refractivity contribution in [2.45, 2.75) is 213 Å². The predicted octanol–water partition coefficient (Wildman–Crippen LogP) is 28.8. The molecule has 15 aromatic rings. The number of carbonyl (C=O) groups is 2. The van der Waals surface area contributed by atoms with Gasteiger partial charge in [0.15, 0.2) is 0 Å². The summed E-state index contributed by atoms with van der Waals surface area (Å²) >= 11 is 0. The number of aromatic hydroxyl groups is 3. The molecule has 4 N–H and O–H groups in total. The van der Waals surface area contributed by atoms with Crippen molar-refractivity contribution in [3.05, 3.63) is 406 Å². The molecule has 3 aromatic heterocycles. The summed E-state index contributed by atoms with van der Waals surface area (Å²) in [6.45, 7) is 25.3. The number of para-hydroxylation sites is 3. The number of ketones is 1. The summed E-state index contributed by atoms with van der Waals surface area (Å²) < 4.78 is 91.4. The van der Waals surface area contributed by atoms with Crippen molar-refractivity contribution in [3.8, 4) is 40.2 Å². The Bertz CT molecular complexity index is 6460. The van der Waals surface area contributed by atoms with E-state index in [-0.39, 0.29) is 46.1 Å². The van der Waals surface area contributed by atoms with Gasteiger partial charge in [-0.25, -0.2) is 19.7 Å². The number of phenols is 3. The first-order valence-electron chi connectivity index (χ1n) is 47.2. The molecule has 0 spiro atoms. The molecule has 0 radical (unpaired) electrons. The Morgan fingerprint density at radius 2 is 0.628 bits per heavy atom. The average Bonchev–Trinajstić information content (AvgIpc) is 0.680. The van der Waals surface area contributed by atoms with E-state index in [0.29, 0.717) is 78.7 Å². The number of ether oxygens (including phenoxy) is 4. The lowest BCUT2D eigenvalue weighted by molar-refractivity contribution is -0.118. The predicted molar refractivity (Wildman–Crippen MR) is 544 cm³/mol. The molecule has 3 heterocycles. The van der Waals surface area contributed by atoms with E-state index in [4.69, 9.17) is 23.9 Å². The lowest BCUT2D eigenvalue weighted by Gasteiger charge is -2.34. The van der Waals surface area contributed by atoms with E-state index in [1.165, 1.54) is 42.0 Å². The van der Waals surface area contributed by atoms with Crippen LogP contribution in [0.3, 0.4) is 0 Å². The van der Waals surface area contributed by atoms with Gasteiger partial charge in [-0.2, -0.15) is 21.6 Å². The number of esters is 1. The average molecular weight is 1870 g/mol. The normalized spacial score (nSPS) is 11.6. The summed E-state index contributed by atoms with van der Waals surface area (Å²) in [6, 6.07) is 106. The molecule has 15 rings (SSSR count). The number of methoxy groups -OCH3 is 1. The molecule has 0 aliphatic carbocycles. The number of pyridine rings is 3. The third-order valence-corrected chi connectivity index (χ3v) is 27.3. The van der Waals surface area contributed by atoms with Gasteiger partial charge in [-0.3, -0.25) is 4.79 Å². The van der Waals surface area contributed by atoms with Gasteiger partial charge in [0, 0.05) is 67.4 Å². The summed E-state index contributed by atoms with van der Waals surface area (Å²) in [5.41, 5.74) is 6.15. The zero-order valence-electron chi connectivity index (χ0n) is 80.7. The molecule has 0 fully saturated rings. The van der Waals surface area contributed by atoms with Crippen LogP contribution < -0.4 is 18.4 Å². The largest absolute Gasteiger partial charge is 0.534 e. The molecule has 0 saturated carbocycles. The van der Waals surface area contributed by atoms with Crippen molar-refractivity contribution < 1.29 is 74.7 Å². The van der Waals surface area contributed by atoms with Crippen LogP contribution in [0.5, 0.6) is 40.2 Å². The Morgan fingerprint density at radius 1 is 0.328 bits per heavy atom. The van der Waals surface area contributed by atoms with Gasteiger partial charge in [0.1, 0.15) is 65.9 Å². The summed E-state index contributed by atoms with van der Waals surface area (Å²) in [5, 5.41) is 43.9. The molecule has 12 aromatic carbocycles. The van der Waals surface area contributed by atoms with Gasteiger partial charge in [-0.15, -0.1) is 0 Å². The second kappa shape index (κ2) is 49.7. The first-order chi connectivity index (χ1) is 66.0. The topological polar surface area (TPSA) is 234 Å². The van der Waals surface area contributed by atoms with Crippen molar-refractivity contribution in [1.29, 1.82) is 0 Å². The quantitative estimate of drug-likeness (QED) is 0.0130. The van der Waals surface area contributed by atoms with E-state index in [9.17, 15) is 51.6 Å². The minimum Gasteiger partial charge on any atom is -0.508 e. The van der Waals surface area contributed by atoms with Gasteiger partial charge in [0.05, 0.1) is 51.9 Å². The molecule has 16 nitrogen and oxygen atoms in total. The van der Waals surface area contributed by atoms with Crippen molar-refractivity contribution in [1.82, 2.24) is 15.0 Å². The summed E-state index contributed by atoms with van der Waals surface area (Å²) in [4.78, 5) is 36.8. The number of fused-ring (bicyclic) bond motifs is 3. The maximum absolute atomic E-state index is 13.2. The van der Waals surface area contributed by atoms with Crippen LogP contribution in [0.25, 0.3) is 32.7 Å². The van der Waals surface area contributed by atoms with Crippen molar-refractivity contribution in [3.63, 3.8) is 0 Å². The van der Waals surface area contributed by atoms with Crippen molar-refractivity contribution >= 4 is 54.6 Å². The molecule has 716 valence electrons. The van der Waals surface area contributed by atoms with Gasteiger partial charge < -0.3 is 43.6 Å². The lowest BCUT2D eigenvalue weighted by Crippen LogP contribution is -2.31. The number of hydrogen-bond acceptors (Lipinski definition) is 16. The van der Waals surface area contributed by atoms with Gasteiger partial charge in [-0.1, -0.05) is 308 Å². The van der Waals surface area contributed by atoms with Crippen LogP contribution in [-0.4, -0.2) is 68.2 Å². The molecule has 0 aliphatic heterocycles. The standard InChI is InChI=1S/C29H29NO3.C28H26F3NO4S.C27H27NO2.C17H20O2.C11H16O.C5H10O/c1-4-29(5-2,22-12-7-6-8-13-22)26-19-24(17-18-25(26)28(31)32-3)33-20-23-16-15-21-11-9-10-14-27(21)30-23;1-3-27(4-2,21-11-6-5-7-12-21)24-18-23(16-17-26(24)36-37(33,34)28(29,30)31)35-19-22-15-14-20-10-8-9-13-25(20)32-22;1-3-27(4-2,21-11-6-5-7-12-21)24-18-23(16-17-26(24)29)30-19-22-15-14-20-10-8-9-13-25(20)28-22;1-3-17(4-2,13-8-6-5-7-9-13)15-12-14(18)10-11-16(15)19;1-3-11(12,4-2)10-8-6-5-7-9-10;1-3-5(6)4-2/h6-19H,4-5,20H2,1-3H3;5-18H,3-4,19H2,1-2H3;5-18,29H,3-4,19H2,1-2H3;5-12,18-19H,3-4H2,1-2H3;5-9,12H,3-4H2,1-2H3;3-4H2,1-2H3. The minimum atomic E-state index is -5.87. The Morgan fingerprint density at radius 3 is 0.964 bits per heavy atom. The van der Waals surface area contributed by atoms with Gasteiger partial charge in [-0.05, 0) is 207 Å². The highest BCUT2D eigenvalue weighted by atomic mass is 32.2. The highest BCUT2D eigenvalue weighted by molar-refractivity contribution is 7.88. The first-order valence-corrected chi connectivity index (χ1v) is 48.6. The highest BCUT2D eigenvalue weighted by Gasteiger charge is 2.50. The molecule has 0 saturated heterocycles. The van der Waals surface area contributed by atoms with E-state index in [2.05, 4.69) is 122 Å². The molecular formula is C117H128F3N3O13S. The molecule has 137 heavy (non-hydrogen) atoms. The van der Waals surface area contributed by atoms with Crippen molar-refractivity contribution in [2.75, 3.05) is 7.11 Å². The molecule has 0 aliphatic rings. The molecule has 0 bridgehead atoms. The zero-order chi connectivity index (χ0) is 98.8. The van der Waals surface area contributed by atoms with E-state index in [1.54, 1.807) is 24.3 Å². The maximum atomic E-state index is 13.2. The Labute approximate surface area is 805 Å². The summed E-state index contributed by atoms with van der Waals surface area (Å²) in [7, 11) is -4.45. The van der Waals surface area contributed by atoms with Crippen LogP contribution in [0, 0.1) is 0 Å². The third-order valence-electron chi connectivity index (χ3n) is 26.4. The molecule has 0 amide bonds. The highest BCUT2D eigenvalue weighted by Crippen LogP contribution is 2.49. The van der Waals surface area contributed by atoms with Crippen LogP contribution in [0.2, 0.25) is 0 Å². The Kier molecular flexibility index (Phi) is 38.2. The number of halogens is 3. The second-order valence-corrected chi connectivity index (χ2v) is 35.1. The number of carbonyl (C=O) groups excluding carboxylic acids is 2. The number of hydrogen-bond donors (Lipinski definition) is 4. The van der Waals surface area contributed by atoms with Crippen LogP contribution in [0.4, 0.5) is 13.2 Å². The SMILES string of the molecule is CCC(=O)CC.CCC(CC)(c1ccccc1)c1cc(O)ccc1O.CCC(CC)(c1ccccc1)c1cc(OCc2ccc3ccccc3n2)ccc1C(=O)OC.CCC(CC)(c1ccccc1)c1cc(OCc2ccc3ccccc3n2)ccc1O.CCC(CC)(c1ccccc1)c1cc(OCc2ccc3ccccc3n2)ccc1OS(=O)(=O)C(F)(F)F.CCC(O)(CC)c1ccccc1. The summed E-state index contributed by atoms with van der Waals surface area (Å²) in [6.07, 6.45) is 9.06. The van der Waals surface area contributed by atoms with Gasteiger partial charge in [0.25, 0.3) is 0 Å². The second-order valence-electron chi connectivity index (χ2n) is 33.5. The first kappa shape index (κ1) is 105. The number of phenolic OH excluding ortho intramolecular Hbond substituents is 3. The minimum absolute atomic E-state index is 0.113. The van der Waals surface area contributed by atoms with Crippen LogP contribution in [-0.2, 0) is 66.7 Å². The maximum Gasteiger partial charge on any atom is 0.534 e. The number of alkyl halides is 3. The lowest BCUT2D eigenvalue weighted by atomic mass is 9.69. The van der Waals surface area contributed by atoms with E-state index < -0.39 is 26.6 Å². The van der Waals surface area contributed by atoms with E-state index in [0.717, 1.165) is 129 Å². The van der Waals surface area contributed by atoms with E-state index in [1.807, 2.05) is 266 Å². The zero-order valence-corrected chi connectivity index (χ0v) is 81.5. The fraction of sp³-hybridized carbons (Fsp3) is 0.291. The number of aliphatic hydroxyl groups is 1.